The zero-order valence-corrected chi connectivity index (χ0v) is 29.2. The Balaban J connectivity index is 1.12. The van der Waals surface area contributed by atoms with Gasteiger partial charge < -0.3 is 14.4 Å². The summed E-state index contributed by atoms with van der Waals surface area (Å²) in [6, 6.07) is 27.1. The molecule has 0 radical (unpaired) electrons. The van der Waals surface area contributed by atoms with E-state index < -0.39 is 32.9 Å². The average Bonchev–Trinajstić information content (AvgIpc) is 3.70. The molecule has 3 heterocycles. The lowest BCUT2D eigenvalue weighted by atomic mass is 9.97. The van der Waals surface area contributed by atoms with E-state index in [1.165, 1.54) is 16.2 Å². The molecule has 2 atom stereocenters. The number of thiophene rings is 1. The second kappa shape index (κ2) is 14.2. The van der Waals surface area contributed by atoms with E-state index in [9.17, 15) is 18.0 Å². The molecule has 4 aromatic rings. The van der Waals surface area contributed by atoms with Crippen molar-refractivity contribution >= 4 is 44.8 Å². The Morgan fingerprint density at radius 1 is 0.939 bits per heavy atom. The molecule has 1 aromatic heterocycles. The molecule has 0 spiro atoms. The maximum absolute atomic E-state index is 14.3. The van der Waals surface area contributed by atoms with Gasteiger partial charge in [-0.1, -0.05) is 72.3 Å². The number of carbonyl (C=O) groups is 2. The van der Waals surface area contributed by atoms with Gasteiger partial charge in [-0.3, -0.25) is 4.79 Å². The Labute approximate surface area is 295 Å². The number of benzene rings is 3. The number of rotatable bonds is 8. The van der Waals surface area contributed by atoms with Crippen LogP contribution < -0.4 is 5.48 Å². The van der Waals surface area contributed by atoms with E-state index in [0.29, 0.717) is 22.9 Å². The highest BCUT2D eigenvalue weighted by Crippen LogP contribution is 2.46. The topological polar surface area (TPSA) is 111 Å². The minimum absolute atomic E-state index is 0.00739. The third-order valence-corrected chi connectivity index (χ3v) is 13.9. The normalized spacial score (nSPS) is 21.7. The van der Waals surface area contributed by atoms with E-state index in [2.05, 4.69) is 29.7 Å². The summed E-state index contributed by atoms with van der Waals surface area (Å²) in [7, 11) is -3.97. The van der Waals surface area contributed by atoms with Crippen LogP contribution in [-0.4, -0.2) is 63.7 Å². The first-order chi connectivity index (χ1) is 23.7. The zero-order valence-electron chi connectivity index (χ0n) is 26.8. The summed E-state index contributed by atoms with van der Waals surface area (Å²) in [5, 5.41) is 0.593. The number of halogens is 1. The molecule has 49 heavy (non-hydrogen) atoms. The van der Waals surface area contributed by atoms with Crippen LogP contribution in [-0.2, 0) is 33.7 Å². The van der Waals surface area contributed by atoms with Gasteiger partial charge in [0.05, 0.1) is 12.2 Å². The quantitative estimate of drug-likeness (QED) is 0.190. The third-order valence-electron chi connectivity index (χ3n) is 9.68. The minimum Gasteiger partial charge on any atom is -0.448 e. The molecule has 7 rings (SSSR count). The molecule has 1 unspecified atom stereocenters. The number of sulfone groups is 1. The maximum atomic E-state index is 14.3. The predicted molar refractivity (Wildman–Crippen MR) is 189 cm³/mol. The molecule has 2 amide bonds. The third kappa shape index (κ3) is 6.87. The summed E-state index contributed by atoms with van der Waals surface area (Å²) in [6.45, 7) is 0.695. The second-order valence-corrected chi connectivity index (χ2v) is 16.6. The van der Waals surface area contributed by atoms with Crippen LogP contribution in [0.2, 0.25) is 5.02 Å². The van der Waals surface area contributed by atoms with Gasteiger partial charge in [-0.2, -0.15) is 0 Å². The lowest BCUT2D eigenvalue weighted by Gasteiger charge is -2.31. The number of nitrogens with zero attached hydrogens (tertiary/aromatic N) is 1. The van der Waals surface area contributed by atoms with Crippen LogP contribution in [0.3, 0.4) is 0 Å². The Kier molecular flexibility index (Phi) is 9.81. The SMILES string of the molecule is O=C(C[C@]1(c2ccc(-c3ccc(Cl)cc3)s2)CCN(C(=O)OCC2c3ccccc3-c3ccccc32)CCS1(=O)=O)NOC1CCCCO1. The van der Waals surface area contributed by atoms with Crippen LogP contribution in [0.5, 0.6) is 0 Å². The molecule has 12 heteroatoms. The summed E-state index contributed by atoms with van der Waals surface area (Å²) in [6.07, 6.45) is 0.935. The fourth-order valence-electron chi connectivity index (χ4n) is 7.02. The van der Waals surface area contributed by atoms with Crippen molar-refractivity contribution in [1.29, 1.82) is 0 Å². The Hall–Kier alpha value is -3.74. The van der Waals surface area contributed by atoms with Crippen LogP contribution in [0.15, 0.2) is 84.9 Å². The highest BCUT2D eigenvalue weighted by atomic mass is 35.5. The number of amides is 2. The molecule has 0 saturated carbocycles. The molecule has 1 N–H and O–H groups in total. The van der Waals surface area contributed by atoms with Crippen molar-refractivity contribution in [2.45, 2.75) is 49.1 Å². The fraction of sp³-hybridized carbons (Fsp3) is 0.351. The molecule has 1 aliphatic carbocycles. The van der Waals surface area contributed by atoms with Gasteiger partial charge in [0.15, 0.2) is 16.1 Å². The van der Waals surface area contributed by atoms with Gasteiger partial charge in [-0.05, 0) is 71.3 Å². The molecule has 2 fully saturated rings. The molecule has 0 bridgehead atoms. The smallest absolute Gasteiger partial charge is 0.409 e. The second-order valence-electron chi connectivity index (χ2n) is 12.6. The van der Waals surface area contributed by atoms with Crippen LogP contribution in [0, 0.1) is 0 Å². The van der Waals surface area contributed by atoms with Crippen molar-refractivity contribution in [2.75, 3.05) is 32.1 Å². The van der Waals surface area contributed by atoms with E-state index in [-0.39, 0.29) is 44.2 Å². The number of ether oxygens (including phenoxy) is 2. The van der Waals surface area contributed by atoms with E-state index in [1.807, 2.05) is 42.5 Å². The van der Waals surface area contributed by atoms with Crippen LogP contribution >= 0.6 is 22.9 Å². The number of hydroxylamine groups is 1. The molecule has 256 valence electrons. The molecule has 2 aliphatic heterocycles. The summed E-state index contributed by atoms with van der Waals surface area (Å²) in [5.41, 5.74) is 7.76. The van der Waals surface area contributed by atoms with Crippen LogP contribution in [0.1, 0.15) is 54.0 Å². The van der Waals surface area contributed by atoms with E-state index in [4.69, 9.17) is 25.9 Å². The zero-order chi connectivity index (χ0) is 34.0. The molecular formula is C37H37ClN2O7S2. The first kappa shape index (κ1) is 33.7. The van der Waals surface area contributed by atoms with E-state index in [1.54, 1.807) is 18.2 Å². The number of nitrogens with one attached hydrogen (secondary N) is 1. The number of fused-ring (bicyclic) bond motifs is 3. The van der Waals surface area contributed by atoms with Gasteiger partial charge in [0, 0.05) is 46.8 Å². The summed E-state index contributed by atoms with van der Waals surface area (Å²) in [5.74, 6) is -1.03. The lowest BCUT2D eigenvalue weighted by Crippen LogP contribution is -2.43. The van der Waals surface area contributed by atoms with Gasteiger partial charge in [0.25, 0.3) is 0 Å². The van der Waals surface area contributed by atoms with E-state index >= 15 is 0 Å². The fourth-order valence-corrected chi connectivity index (χ4v) is 10.8. The van der Waals surface area contributed by atoms with Gasteiger partial charge in [0.2, 0.25) is 5.91 Å². The lowest BCUT2D eigenvalue weighted by molar-refractivity contribution is -0.200. The van der Waals surface area contributed by atoms with Crippen molar-refractivity contribution < 1.29 is 32.3 Å². The Morgan fingerprint density at radius 3 is 2.35 bits per heavy atom. The Bertz CT molecular complexity index is 1900. The van der Waals surface area contributed by atoms with Crippen LogP contribution in [0.25, 0.3) is 21.6 Å². The van der Waals surface area contributed by atoms with Gasteiger partial charge in [-0.25, -0.2) is 23.5 Å². The summed E-state index contributed by atoms with van der Waals surface area (Å²) >= 11 is 7.42. The molecular weight excluding hydrogens is 684 g/mol. The van der Waals surface area contributed by atoms with E-state index in [0.717, 1.165) is 45.5 Å². The minimum atomic E-state index is -3.97. The number of carbonyl (C=O) groups excluding carboxylic acids is 2. The van der Waals surface area contributed by atoms with Gasteiger partial charge in [0.1, 0.15) is 11.4 Å². The monoisotopic (exact) mass is 720 g/mol. The predicted octanol–water partition coefficient (Wildman–Crippen LogP) is 7.30. The summed E-state index contributed by atoms with van der Waals surface area (Å²) in [4.78, 5) is 35.4. The first-order valence-corrected chi connectivity index (χ1v) is 19.3. The van der Waals surface area contributed by atoms with Crippen molar-refractivity contribution in [3.05, 3.63) is 106 Å². The maximum Gasteiger partial charge on any atom is 0.409 e. The number of hydrogen-bond donors (Lipinski definition) is 1. The van der Waals surface area contributed by atoms with Crippen molar-refractivity contribution in [1.82, 2.24) is 10.4 Å². The van der Waals surface area contributed by atoms with Gasteiger partial charge >= 0.3 is 6.09 Å². The standard InChI is InChI=1S/C37H37ClN2O7S2/c38-26-14-12-25(13-15-26)32-16-17-33(48-32)37(23-34(41)39-47-35-11-5-6-21-45-35)18-19-40(20-22-49(37,43)44)36(42)46-24-31-29-9-3-1-7-27(29)28-8-2-4-10-30(28)31/h1-4,7-10,12-17,31,35H,5-6,11,18-24H2,(H,39,41)/t35?,37-/m0/s1. The molecule has 3 aromatic carbocycles. The van der Waals surface area contributed by atoms with Crippen molar-refractivity contribution in [2.24, 2.45) is 0 Å². The summed E-state index contributed by atoms with van der Waals surface area (Å²) < 4.78 is 38.5. The highest BCUT2D eigenvalue weighted by molar-refractivity contribution is 7.92. The average molecular weight is 721 g/mol. The first-order valence-electron chi connectivity index (χ1n) is 16.5. The molecule has 2 saturated heterocycles. The van der Waals surface area contributed by atoms with Crippen LogP contribution in [0.4, 0.5) is 4.79 Å². The molecule has 9 nitrogen and oxygen atoms in total. The van der Waals surface area contributed by atoms with Gasteiger partial charge in [-0.15, -0.1) is 11.3 Å². The largest absolute Gasteiger partial charge is 0.448 e. The Morgan fingerprint density at radius 2 is 1.65 bits per heavy atom. The highest BCUT2D eigenvalue weighted by Gasteiger charge is 2.50. The molecule has 3 aliphatic rings. The van der Waals surface area contributed by atoms with Crippen molar-refractivity contribution in [3.63, 3.8) is 0 Å². The van der Waals surface area contributed by atoms with Crippen molar-refractivity contribution in [3.8, 4) is 21.6 Å². The number of hydrogen-bond acceptors (Lipinski definition) is 8.